The molecule has 33 heavy (non-hydrogen) atoms. The lowest BCUT2D eigenvalue weighted by atomic mass is 9.92. The summed E-state index contributed by atoms with van der Waals surface area (Å²) in [7, 11) is 4.34. The smallest absolute Gasteiger partial charge is 0.224 e. The fourth-order valence-corrected chi connectivity index (χ4v) is 6.34. The Morgan fingerprint density at radius 1 is 1.18 bits per heavy atom. The normalized spacial score (nSPS) is 26.5. The molecule has 1 aromatic carbocycles. The van der Waals surface area contributed by atoms with E-state index in [2.05, 4.69) is 70.9 Å². The van der Waals surface area contributed by atoms with Gasteiger partial charge in [0, 0.05) is 53.3 Å². The van der Waals surface area contributed by atoms with E-state index < -0.39 is 0 Å². The molecule has 174 valence electrons. The third-order valence-electron chi connectivity index (χ3n) is 7.03. The lowest BCUT2D eigenvalue weighted by Gasteiger charge is -2.31. The van der Waals surface area contributed by atoms with Crippen molar-refractivity contribution in [3.8, 4) is 5.88 Å². The van der Waals surface area contributed by atoms with Crippen LogP contribution in [0.3, 0.4) is 0 Å². The van der Waals surface area contributed by atoms with Crippen LogP contribution in [0.15, 0.2) is 47.1 Å². The van der Waals surface area contributed by atoms with Gasteiger partial charge < -0.3 is 25.0 Å². The molecule has 0 amide bonds. The maximum Gasteiger partial charge on any atom is 0.224 e. The minimum atomic E-state index is 0.275. The highest BCUT2D eigenvalue weighted by Crippen LogP contribution is 2.43. The second-order valence-electron chi connectivity index (χ2n) is 9.42. The van der Waals surface area contributed by atoms with Gasteiger partial charge in [-0.05, 0) is 63.3 Å². The van der Waals surface area contributed by atoms with Crippen molar-refractivity contribution in [1.82, 2.24) is 14.8 Å². The molecule has 0 saturated carbocycles. The third-order valence-corrected chi connectivity index (χ3v) is 8.26. The molecule has 4 aliphatic rings. The van der Waals surface area contributed by atoms with Crippen molar-refractivity contribution in [1.29, 1.82) is 0 Å². The predicted molar refractivity (Wildman–Crippen MR) is 132 cm³/mol. The largest absolute Gasteiger partial charge is 0.443 e. The molecule has 2 N–H and O–H groups in total. The first-order valence-electron chi connectivity index (χ1n) is 11.8. The first kappa shape index (κ1) is 21.3. The zero-order valence-corrected chi connectivity index (χ0v) is 20.0. The Morgan fingerprint density at radius 2 is 2.06 bits per heavy atom. The molecule has 6 rings (SSSR count). The van der Waals surface area contributed by atoms with Gasteiger partial charge in [-0.15, -0.1) is 0 Å². The van der Waals surface area contributed by atoms with Gasteiger partial charge in [0.15, 0.2) is 0 Å². The fraction of sp³-hybridized carbons (Fsp3) is 0.480. The average molecular weight is 466 g/mol. The average Bonchev–Trinajstić information content (AvgIpc) is 3.17. The number of benzene rings is 1. The SMILES string of the molecule is CN(C)C1CCC2=CC(C1)c1ccc(Nc3ccc4c(c3)SC(N3CCOCC3)N4)nc1O2. The summed E-state index contributed by atoms with van der Waals surface area (Å²) in [6.45, 7) is 3.55. The van der Waals surface area contributed by atoms with E-state index in [0.29, 0.717) is 12.0 Å². The first-order chi connectivity index (χ1) is 16.1. The van der Waals surface area contributed by atoms with Crippen molar-refractivity contribution >= 4 is 29.0 Å². The van der Waals surface area contributed by atoms with Gasteiger partial charge in [0.2, 0.25) is 5.88 Å². The number of thioether (sulfide) groups is 1. The van der Waals surface area contributed by atoms with E-state index in [1.54, 1.807) is 0 Å². The van der Waals surface area contributed by atoms with Crippen LogP contribution in [-0.2, 0) is 4.74 Å². The molecule has 3 unspecified atom stereocenters. The zero-order chi connectivity index (χ0) is 22.4. The molecular formula is C25H31N5O2S. The van der Waals surface area contributed by atoms with Gasteiger partial charge in [-0.2, -0.15) is 4.98 Å². The molecule has 1 fully saturated rings. The van der Waals surface area contributed by atoms with E-state index in [1.807, 2.05) is 11.8 Å². The highest BCUT2D eigenvalue weighted by Gasteiger charge is 2.31. The number of rotatable bonds is 4. The Balaban J connectivity index is 1.17. The van der Waals surface area contributed by atoms with E-state index in [4.69, 9.17) is 14.5 Å². The van der Waals surface area contributed by atoms with Crippen molar-refractivity contribution in [3.05, 3.63) is 47.7 Å². The van der Waals surface area contributed by atoms with E-state index in [0.717, 1.165) is 68.7 Å². The number of ether oxygens (including phenoxy) is 2. The Labute approximate surface area is 199 Å². The van der Waals surface area contributed by atoms with Crippen molar-refractivity contribution < 1.29 is 9.47 Å². The summed E-state index contributed by atoms with van der Waals surface area (Å²) in [6.07, 6.45) is 5.51. The molecule has 3 aliphatic heterocycles. The molecule has 8 heteroatoms. The lowest BCUT2D eigenvalue weighted by molar-refractivity contribution is 0.0366. The molecule has 0 spiro atoms. The quantitative estimate of drug-likeness (QED) is 0.688. The van der Waals surface area contributed by atoms with Gasteiger partial charge in [-0.1, -0.05) is 11.8 Å². The Morgan fingerprint density at radius 3 is 2.91 bits per heavy atom. The summed E-state index contributed by atoms with van der Waals surface area (Å²) < 4.78 is 11.7. The molecule has 1 saturated heterocycles. The molecule has 4 heterocycles. The number of nitrogens with one attached hydrogen (secondary N) is 2. The monoisotopic (exact) mass is 465 g/mol. The second kappa shape index (κ2) is 8.83. The molecule has 1 aromatic heterocycles. The highest BCUT2D eigenvalue weighted by molar-refractivity contribution is 8.00. The molecule has 2 bridgehead atoms. The van der Waals surface area contributed by atoms with Gasteiger partial charge in [0.25, 0.3) is 0 Å². The molecule has 7 nitrogen and oxygen atoms in total. The van der Waals surface area contributed by atoms with Crippen LogP contribution in [0.5, 0.6) is 5.88 Å². The molecular weight excluding hydrogens is 434 g/mol. The number of allylic oxidation sites excluding steroid dienone is 2. The standard InChI is InChI=1S/C25H31N5O2S/c1-29(2)18-4-5-19-14-16(13-18)20-6-8-23(28-24(20)32-19)26-17-3-7-21-22(15-17)33-25(27-21)30-9-11-31-12-10-30/h3,6-8,14-16,18,25,27H,4-5,9-13H2,1-2H3,(H,26,28). The van der Waals surface area contributed by atoms with Crippen LogP contribution < -0.4 is 15.4 Å². The summed E-state index contributed by atoms with van der Waals surface area (Å²) in [5, 5.41) is 7.13. The Kier molecular flexibility index (Phi) is 5.70. The van der Waals surface area contributed by atoms with Crippen molar-refractivity contribution in [2.75, 3.05) is 51.0 Å². The summed E-state index contributed by atoms with van der Waals surface area (Å²) in [4.78, 5) is 10.9. The van der Waals surface area contributed by atoms with Crippen molar-refractivity contribution in [3.63, 3.8) is 0 Å². The summed E-state index contributed by atoms with van der Waals surface area (Å²) in [5.41, 5.74) is 3.70. The minimum absolute atomic E-state index is 0.275. The van der Waals surface area contributed by atoms with Gasteiger partial charge in [-0.3, -0.25) is 4.90 Å². The topological polar surface area (TPSA) is 61.9 Å². The third kappa shape index (κ3) is 4.33. The number of hydrogen-bond donors (Lipinski definition) is 2. The van der Waals surface area contributed by atoms with Crippen LogP contribution in [0.25, 0.3) is 0 Å². The van der Waals surface area contributed by atoms with Crippen LogP contribution in [0.2, 0.25) is 0 Å². The van der Waals surface area contributed by atoms with Crippen LogP contribution in [0.1, 0.15) is 30.7 Å². The van der Waals surface area contributed by atoms with Gasteiger partial charge >= 0.3 is 0 Å². The number of anilines is 3. The summed E-state index contributed by atoms with van der Waals surface area (Å²) in [5.74, 6) is 3.01. The number of fused-ring (bicyclic) bond motifs is 4. The van der Waals surface area contributed by atoms with Crippen LogP contribution in [-0.4, -0.2) is 66.7 Å². The van der Waals surface area contributed by atoms with Gasteiger partial charge in [0.05, 0.1) is 13.2 Å². The minimum Gasteiger partial charge on any atom is -0.443 e. The fourth-order valence-electron chi connectivity index (χ4n) is 5.10. The highest BCUT2D eigenvalue weighted by atomic mass is 32.2. The van der Waals surface area contributed by atoms with Crippen LogP contribution in [0, 0.1) is 0 Å². The number of nitrogens with zero attached hydrogens (tertiary/aromatic N) is 3. The van der Waals surface area contributed by atoms with Crippen LogP contribution in [0.4, 0.5) is 17.2 Å². The van der Waals surface area contributed by atoms with E-state index in [-0.39, 0.29) is 5.50 Å². The Hall–Kier alpha value is -2.26. The Bertz CT molecular complexity index is 1070. The number of morpholine rings is 1. The molecule has 2 aromatic rings. The first-order valence-corrected chi connectivity index (χ1v) is 12.7. The van der Waals surface area contributed by atoms with Gasteiger partial charge in [0.1, 0.15) is 17.1 Å². The molecule has 0 radical (unpaired) electrons. The number of aromatic nitrogens is 1. The van der Waals surface area contributed by atoms with Crippen molar-refractivity contribution in [2.24, 2.45) is 0 Å². The number of pyridine rings is 1. The maximum absolute atomic E-state index is 6.21. The zero-order valence-electron chi connectivity index (χ0n) is 19.2. The maximum atomic E-state index is 6.21. The van der Waals surface area contributed by atoms with E-state index in [9.17, 15) is 0 Å². The lowest BCUT2D eigenvalue weighted by Crippen LogP contribution is -2.44. The van der Waals surface area contributed by atoms with Gasteiger partial charge in [-0.25, -0.2) is 0 Å². The van der Waals surface area contributed by atoms with E-state index in [1.165, 1.54) is 16.1 Å². The van der Waals surface area contributed by atoms with Crippen LogP contribution >= 0.6 is 11.8 Å². The summed E-state index contributed by atoms with van der Waals surface area (Å²) in [6, 6.07) is 11.3. The van der Waals surface area contributed by atoms with Crippen molar-refractivity contribution in [2.45, 2.75) is 41.6 Å². The summed E-state index contributed by atoms with van der Waals surface area (Å²) >= 11 is 1.87. The predicted octanol–water partition coefficient (Wildman–Crippen LogP) is 4.43. The molecule has 3 atom stereocenters. The number of hydrogen-bond acceptors (Lipinski definition) is 8. The molecule has 1 aliphatic carbocycles. The van der Waals surface area contributed by atoms with E-state index >= 15 is 0 Å². The second-order valence-corrected chi connectivity index (χ2v) is 10.5.